The molecule has 11 nitrogen and oxygen atoms in total. The quantitative estimate of drug-likeness (QED) is 0.161. The summed E-state index contributed by atoms with van der Waals surface area (Å²) < 4.78 is 40.4. The molecule has 3 aromatic carbocycles. The maximum absolute atomic E-state index is 15.3. The molecule has 16 heteroatoms. The summed E-state index contributed by atoms with van der Waals surface area (Å²) in [5.41, 5.74) is 6.52. The number of carbonyl (C=O) groups is 5. The van der Waals surface area contributed by atoms with Crippen LogP contribution in [0.2, 0.25) is 10.0 Å². The number of aromatic nitrogens is 1. The Morgan fingerprint density at radius 3 is 2.30 bits per heavy atom. The van der Waals surface area contributed by atoms with Crippen molar-refractivity contribution in [3.05, 3.63) is 111 Å². The number of rotatable bonds is 4. The van der Waals surface area contributed by atoms with Gasteiger partial charge >= 0.3 is 12.2 Å². The van der Waals surface area contributed by atoms with Crippen molar-refractivity contribution in [2.45, 2.75) is 30.4 Å². The number of hydrogen-bond acceptors (Lipinski definition) is 8. The molecule has 1 saturated carbocycles. The molecule has 2 aliphatic carbocycles. The minimum Gasteiger partial charge on any atom is -0.507 e. The fraction of sp³-hybridized carbons (Fsp3) is 0.243. The molecule has 8 rings (SSSR count). The van der Waals surface area contributed by atoms with Crippen LogP contribution in [-0.4, -0.2) is 49.7 Å². The van der Waals surface area contributed by atoms with Gasteiger partial charge in [-0.3, -0.25) is 24.6 Å². The molecular weight excluding hydrogens is 738 g/mol. The second kappa shape index (κ2) is 12.0. The summed E-state index contributed by atoms with van der Waals surface area (Å²) >= 11 is 12.5. The van der Waals surface area contributed by atoms with Crippen molar-refractivity contribution in [2.75, 3.05) is 5.43 Å². The molecule has 2 saturated heterocycles. The van der Waals surface area contributed by atoms with Gasteiger partial charge in [-0.25, -0.2) is 9.78 Å². The van der Waals surface area contributed by atoms with E-state index in [2.05, 4.69) is 10.4 Å². The summed E-state index contributed by atoms with van der Waals surface area (Å²) in [7, 11) is 0. The fourth-order valence-electron chi connectivity index (χ4n) is 8.90. The lowest BCUT2D eigenvalue weighted by Gasteiger charge is -2.51. The number of likely N-dealkylation sites (tertiary alicyclic amines) is 1. The third-order valence-electron chi connectivity index (χ3n) is 11.0. The van der Waals surface area contributed by atoms with Crippen LogP contribution in [0, 0.1) is 23.7 Å². The minimum atomic E-state index is -4.77. The Morgan fingerprint density at radius 2 is 1.64 bits per heavy atom. The lowest BCUT2D eigenvalue weighted by molar-refractivity contribution is -0.140. The number of primary amides is 1. The van der Waals surface area contributed by atoms with Gasteiger partial charge in [0.25, 0.3) is 11.8 Å². The molecule has 1 aromatic heterocycles. The zero-order chi connectivity index (χ0) is 37.7. The van der Waals surface area contributed by atoms with Gasteiger partial charge in [0.2, 0.25) is 11.8 Å². The van der Waals surface area contributed by atoms with Crippen LogP contribution in [0.3, 0.4) is 0 Å². The van der Waals surface area contributed by atoms with E-state index >= 15 is 4.79 Å². The molecule has 270 valence electrons. The first-order chi connectivity index (χ1) is 25.2. The maximum atomic E-state index is 15.3. The Balaban J connectivity index is 1.38. The number of phenols is 1. The predicted octanol–water partition coefficient (Wildman–Crippen LogP) is 6.33. The van der Waals surface area contributed by atoms with Crippen molar-refractivity contribution in [1.29, 1.82) is 0 Å². The van der Waals surface area contributed by atoms with Gasteiger partial charge in [0.05, 0.1) is 33.8 Å². The largest absolute Gasteiger partial charge is 0.507 e. The van der Waals surface area contributed by atoms with E-state index < -0.39 is 87.2 Å². The standard InChI is InChI=1S/C37H26Cl2F3N5O6/c38-18-7-5-16(6-8-18)36-25(32(50)47(34(36)52)45-30-26(39)13-17(15-44-30)37(40,41)42)14-24-22(9-10-23-28(24)33(51)46(31(23)49)35(43)53)29(36)21-11-12-27(48)20-4-2-1-3-19(20)21/h1-9,11-13,15,23-25,28-29,48H,10,14H2,(H2,43,53)(H,44,45)/t23-,24+,25-,28-,29-,36+/m0/s1. The number of anilines is 1. The molecule has 6 atom stereocenters. The highest BCUT2D eigenvalue weighted by atomic mass is 35.5. The van der Waals surface area contributed by atoms with Crippen LogP contribution in [0.25, 0.3) is 10.8 Å². The fourth-order valence-corrected chi connectivity index (χ4v) is 9.24. The first-order valence-electron chi connectivity index (χ1n) is 16.4. The highest BCUT2D eigenvalue weighted by molar-refractivity contribution is 6.33. The normalized spacial score (nSPS) is 26.7. The zero-order valence-electron chi connectivity index (χ0n) is 27.1. The van der Waals surface area contributed by atoms with Crippen LogP contribution in [0.4, 0.5) is 23.8 Å². The van der Waals surface area contributed by atoms with Gasteiger partial charge in [-0.05, 0) is 59.5 Å². The first kappa shape index (κ1) is 34.6. The Bertz CT molecular complexity index is 2340. The topological polar surface area (TPSA) is 163 Å². The Labute approximate surface area is 308 Å². The third-order valence-corrected chi connectivity index (χ3v) is 11.6. The summed E-state index contributed by atoms with van der Waals surface area (Å²) in [6.45, 7) is 0. The van der Waals surface area contributed by atoms with Gasteiger partial charge in [-0.1, -0.05) is 77.3 Å². The second-order valence-corrected chi connectivity index (χ2v) is 14.3. The Kier molecular flexibility index (Phi) is 7.86. The van der Waals surface area contributed by atoms with Crippen LogP contribution < -0.4 is 11.2 Å². The Morgan fingerprint density at radius 1 is 0.943 bits per heavy atom. The molecule has 0 unspecified atom stereocenters. The number of carbonyl (C=O) groups excluding carboxylic acids is 5. The minimum absolute atomic E-state index is 0.0217. The van der Waals surface area contributed by atoms with Crippen molar-refractivity contribution in [1.82, 2.24) is 14.9 Å². The van der Waals surface area contributed by atoms with Crippen LogP contribution in [0.5, 0.6) is 5.75 Å². The number of fused-ring (bicyclic) bond motifs is 5. The van der Waals surface area contributed by atoms with E-state index in [1.54, 1.807) is 60.7 Å². The first-order valence-corrected chi connectivity index (χ1v) is 17.1. The summed E-state index contributed by atoms with van der Waals surface area (Å²) in [6.07, 6.45) is -2.62. The van der Waals surface area contributed by atoms with Gasteiger partial charge in [-0.2, -0.15) is 23.1 Å². The SMILES string of the molecule is NC(=O)N1C(=O)[C@H]2[C@H](CC=C3[C@H]2C[C@H]2C(=O)N(Nc4ncc(C(F)(F)F)cc4Cl)C(=O)[C@@]2(c2ccc(Cl)cc2)[C@H]3c2ccc(O)c3ccccc23)C1=O. The van der Waals surface area contributed by atoms with E-state index in [1.165, 1.54) is 6.07 Å². The van der Waals surface area contributed by atoms with Gasteiger partial charge in [0.15, 0.2) is 5.82 Å². The highest BCUT2D eigenvalue weighted by Gasteiger charge is 2.70. The van der Waals surface area contributed by atoms with Crippen LogP contribution >= 0.6 is 23.2 Å². The average Bonchev–Trinajstić information content (AvgIpc) is 3.50. The number of nitrogens with zero attached hydrogens (tertiary/aromatic N) is 3. The summed E-state index contributed by atoms with van der Waals surface area (Å²) in [5.74, 6) is -8.84. The van der Waals surface area contributed by atoms with E-state index in [4.69, 9.17) is 28.9 Å². The van der Waals surface area contributed by atoms with Crippen LogP contribution in [-0.2, 0) is 30.8 Å². The van der Waals surface area contributed by atoms with Crippen molar-refractivity contribution in [2.24, 2.45) is 29.4 Å². The number of amides is 6. The molecular formula is C37H26Cl2F3N5O6. The molecule has 3 fully saturated rings. The highest BCUT2D eigenvalue weighted by Crippen LogP contribution is 2.65. The second-order valence-electron chi connectivity index (χ2n) is 13.5. The van der Waals surface area contributed by atoms with Crippen molar-refractivity contribution in [3.8, 4) is 5.75 Å². The van der Waals surface area contributed by atoms with Gasteiger partial charge < -0.3 is 10.8 Å². The van der Waals surface area contributed by atoms with Crippen molar-refractivity contribution >= 4 is 69.5 Å². The number of urea groups is 1. The molecule has 53 heavy (non-hydrogen) atoms. The number of nitrogens with one attached hydrogen (secondary N) is 1. The number of benzene rings is 3. The number of halogens is 5. The summed E-state index contributed by atoms with van der Waals surface area (Å²) in [6, 6.07) is 15.7. The van der Waals surface area contributed by atoms with Crippen molar-refractivity contribution in [3.63, 3.8) is 0 Å². The lowest BCUT2D eigenvalue weighted by atomic mass is 9.49. The predicted molar refractivity (Wildman–Crippen MR) is 184 cm³/mol. The van der Waals surface area contributed by atoms with Gasteiger partial charge in [-0.15, -0.1) is 0 Å². The Hall–Kier alpha value is -5.47. The zero-order valence-corrected chi connectivity index (χ0v) is 28.6. The number of nitrogens with two attached hydrogens (primary N) is 1. The smallest absolute Gasteiger partial charge is 0.417 e. The van der Waals surface area contributed by atoms with Crippen molar-refractivity contribution < 1.29 is 42.3 Å². The molecule has 0 spiro atoms. The number of aromatic hydroxyl groups is 1. The van der Waals surface area contributed by atoms with Crippen LogP contribution in [0.15, 0.2) is 84.6 Å². The van der Waals surface area contributed by atoms with E-state index in [1.807, 2.05) is 0 Å². The number of alkyl halides is 3. The third kappa shape index (κ3) is 4.95. The number of phenolic OH excluding ortho intramolecular Hbond substituents is 1. The molecule has 6 amide bonds. The number of imide groups is 4. The van der Waals surface area contributed by atoms with E-state index in [0.29, 0.717) is 54.7 Å². The molecule has 0 radical (unpaired) electrons. The average molecular weight is 765 g/mol. The molecule has 0 bridgehead atoms. The van der Waals surface area contributed by atoms with Gasteiger partial charge in [0, 0.05) is 22.5 Å². The maximum Gasteiger partial charge on any atom is 0.417 e. The number of pyridine rings is 1. The monoisotopic (exact) mass is 763 g/mol. The number of allylic oxidation sites excluding steroid dienone is 2. The molecule has 4 aromatic rings. The molecule has 2 aliphatic heterocycles. The molecule has 3 heterocycles. The van der Waals surface area contributed by atoms with Gasteiger partial charge in [0.1, 0.15) is 5.75 Å². The summed E-state index contributed by atoms with van der Waals surface area (Å²) in [4.78, 5) is 73.9. The van der Waals surface area contributed by atoms with E-state index in [0.717, 1.165) is 0 Å². The summed E-state index contributed by atoms with van der Waals surface area (Å²) in [5, 5.41) is 12.4. The molecule has 4 aliphatic rings. The lowest BCUT2D eigenvalue weighted by Crippen LogP contribution is -2.53. The number of hydrazine groups is 1. The van der Waals surface area contributed by atoms with E-state index in [-0.39, 0.29) is 18.6 Å². The number of hydrogen-bond donors (Lipinski definition) is 3. The van der Waals surface area contributed by atoms with Crippen LogP contribution in [0.1, 0.15) is 35.4 Å². The van der Waals surface area contributed by atoms with E-state index in [9.17, 15) is 37.5 Å². The molecule has 4 N–H and O–H groups in total.